The van der Waals surface area contributed by atoms with E-state index in [4.69, 9.17) is 9.47 Å². The molecule has 0 saturated carbocycles. The van der Waals surface area contributed by atoms with Gasteiger partial charge in [-0.1, -0.05) is 24.3 Å². The number of benzene rings is 2. The molecule has 1 saturated heterocycles. The number of hydrogen-bond donors (Lipinski definition) is 0. The summed E-state index contributed by atoms with van der Waals surface area (Å²) in [5.41, 5.74) is 2.82. The summed E-state index contributed by atoms with van der Waals surface area (Å²) in [6, 6.07) is 15.7. The zero-order valence-corrected chi connectivity index (χ0v) is 16.4. The van der Waals surface area contributed by atoms with Gasteiger partial charge in [-0.05, 0) is 42.7 Å². The molecule has 27 heavy (non-hydrogen) atoms. The van der Waals surface area contributed by atoms with Gasteiger partial charge in [0.2, 0.25) is 0 Å². The molecule has 1 fully saturated rings. The monoisotopic (exact) mass is 368 g/mol. The van der Waals surface area contributed by atoms with Gasteiger partial charge in [0.25, 0.3) is 5.91 Å². The van der Waals surface area contributed by atoms with Gasteiger partial charge in [-0.15, -0.1) is 0 Å². The van der Waals surface area contributed by atoms with Gasteiger partial charge < -0.3 is 19.3 Å². The van der Waals surface area contributed by atoms with Gasteiger partial charge in [-0.2, -0.15) is 0 Å². The van der Waals surface area contributed by atoms with Gasteiger partial charge in [0.05, 0.1) is 11.7 Å². The first-order chi connectivity index (χ1) is 13.0. The predicted octanol–water partition coefficient (Wildman–Crippen LogP) is 3.58. The summed E-state index contributed by atoms with van der Waals surface area (Å²) < 4.78 is 11.5. The van der Waals surface area contributed by atoms with Crippen LogP contribution in [0.1, 0.15) is 28.8 Å². The van der Waals surface area contributed by atoms with E-state index in [1.165, 1.54) is 0 Å². The Bertz CT molecular complexity index is 752. The summed E-state index contributed by atoms with van der Waals surface area (Å²) in [5.74, 6) is 0.572. The number of ether oxygens (including phenoxy) is 2. The lowest BCUT2D eigenvalue weighted by Gasteiger charge is -2.20. The normalized spacial score (nSPS) is 16.2. The number of nitrogens with zero attached hydrogens (tertiary/aromatic N) is 2. The first-order valence-electron chi connectivity index (χ1n) is 9.40. The molecule has 144 valence electrons. The average Bonchev–Trinajstić information content (AvgIpc) is 3.20. The maximum absolute atomic E-state index is 12.9. The Kier molecular flexibility index (Phi) is 6.35. The Hall–Kier alpha value is -2.53. The predicted molar refractivity (Wildman–Crippen MR) is 107 cm³/mol. The summed E-state index contributed by atoms with van der Waals surface area (Å²) in [6.07, 6.45) is 2.21. The van der Waals surface area contributed by atoms with Crippen LogP contribution in [0.2, 0.25) is 0 Å². The van der Waals surface area contributed by atoms with Crippen LogP contribution in [0.25, 0.3) is 0 Å². The second-order valence-corrected chi connectivity index (χ2v) is 7.16. The molecule has 1 amide bonds. The van der Waals surface area contributed by atoms with Crippen molar-refractivity contribution in [2.24, 2.45) is 0 Å². The molecule has 1 unspecified atom stereocenters. The van der Waals surface area contributed by atoms with Crippen molar-refractivity contribution in [1.82, 2.24) is 4.90 Å². The molecular formula is C22H28N2O3. The van der Waals surface area contributed by atoms with Gasteiger partial charge >= 0.3 is 0 Å². The van der Waals surface area contributed by atoms with Gasteiger partial charge in [0.15, 0.2) is 0 Å². The molecule has 0 N–H and O–H groups in total. The smallest absolute Gasteiger partial charge is 0.257 e. The van der Waals surface area contributed by atoms with Crippen LogP contribution in [0.4, 0.5) is 5.69 Å². The standard InChI is InChI=1S/C22H28N2O3/c1-23(2)18-12-10-17(11-13-18)15-24(3)22(25)20-8-4-5-9-21(20)27-16-19-7-6-14-26-19/h4-5,8-13,19H,6-7,14-16H2,1-3H3. The van der Waals surface area contributed by atoms with Gasteiger partial charge in [-0.3, -0.25) is 4.79 Å². The molecule has 0 aromatic heterocycles. The SMILES string of the molecule is CN(Cc1ccc(N(C)C)cc1)C(=O)c1ccccc1OCC1CCCO1. The third-order valence-corrected chi connectivity index (χ3v) is 4.79. The van der Waals surface area contributed by atoms with Crippen molar-refractivity contribution >= 4 is 11.6 Å². The van der Waals surface area contributed by atoms with Gasteiger partial charge in [0.1, 0.15) is 12.4 Å². The summed E-state index contributed by atoms with van der Waals surface area (Å²) in [6.45, 7) is 1.83. The van der Waals surface area contributed by atoms with Gasteiger partial charge in [0, 0.05) is 40.0 Å². The lowest BCUT2D eigenvalue weighted by atomic mass is 10.1. The average molecular weight is 368 g/mol. The highest BCUT2D eigenvalue weighted by atomic mass is 16.5. The number of carbonyl (C=O) groups excluding carboxylic acids is 1. The molecule has 0 spiro atoms. The third-order valence-electron chi connectivity index (χ3n) is 4.79. The van der Waals surface area contributed by atoms with E-state index >= 15 is 0 Å². The van der Waals surface area contributed by atoms with E-state index in [1.54, 1.807) is 4.90 Å². The van der Waals surface area contributed by atoms with E-state index < -0.39 is 0 Å². The second-order valence-electron chi connectivity index (χ2n) is 7.16. The van der Waals surface area contributed by atoms with E-state index in [2.05, 4.69) is 29.2 Å². The molecule has 0 radical (unpaired) electrons. The van der Waals surface area contributed by atoms with Crippen molar-refractivity contribution in [1.29, 1.82) is 0 Å². The third kappa shape index (κ3) is 5.01. The molecule has 1 aliphatic rings. The number of hydrogen-bond acceptors (Lipinski definition) is 4. The number of para-hydroxylation sites is 1. The summed E-state index contributed by atoms with van der Waals surface area (Å²) in [7, 11) is 5.84. The number of amides is 1. The Morgan fingerprint density at radius 2 is 1.85 bits per heavy atom. The highest BCUT2D eigenvalue weighted by molar-refractivity contribution is 5.96. The highest BCUT2D eigenvalue weighted by Crippen LogP contribution is 2.22. The Morgan fingerprint density at radius 3 is 2.52 bits per heavy atom. The van der Waals surface area contributed by atoms with E-state index in [0.29, 0.717) is 24.5 Å². The van der Waals surface area contributed by atoms with Crippen molar-refractivity contribution in [2.45, 2.75) is 25.5 Å². The van der Waals surface area contributed by atoms with Crippen molar-refractivity contribution in [3.05, 3.63) is 59.7 Å². The van der Waals surface area contributed by atoms with Crippen LogP contribution in [0.3, 0.4) is 0 Å². The maximum Gasteiger partial charge on any atom is 0.257 e. The molecule has 1 aliphatic heterocycles. The van der Waals surface area contributed by atoms with Crippen LogP contribution < -0.4 is 9.64 Å². The topological polar surface area (TPSA) is 42.0 Å². The molecule has 5 nitrogen and oxygen atoms in total. The summed E-state index contributed by atoms with van der Waals surface area (Å²) in [4.78, 5) is 16.7. The maximum atomic E-state index is 12.9. The van der Waals surface area contributed by atoms with Crippen molar-refractivity contribution < 1.29 is 14.3 Å². The van der Waals surface area contributed by atoms with Crippen molar-refractivity contribution in [3.63, 3.8) is 0 Å². The highest BCUT2D eigenvalue weighted by Gasteiger charge is 2.20. The fourth-order valence-electron chi connectivity index (χ4n) is 3.18. The van der Waals surface area contributed by atoms with Crippen LogP contribution >= 0.6 is 0 Å². The van der Waals surface area contributed by atoms with Crippen LogP contribution in [0.5, 0.6) is 5.75 Å². The molecular weight excluding hydrogens is 340 g/mol. The first-order valence-corrected chi connectivity index (χ1v) is 9.40. The number of carbonyl (C=O) groups is 1. The van der Waals surface area contributed by atoms with E-state index in [9.17, 15) is 4.79 Å². The first kappa shape index (κ1) is 19.2. The summed E-state index contributed by atoms with van der Waals surface area (Å²) in [5, 5.41) is 0. The largest absolute Gasteiger partial charge is 0.490 e. The molecule has 5 heteroatoms. The zero-order chi connectivity index (χ0) is 19.2. The fraction of sp³-hybridized carbons (Fsp3) is 0.409. The lowest BCUT2D eigenvalue weighted by molar-refractivity contribution is 0.0656. The molecule has 2 aromatic carbocycles. The number of anilines is 1. The van der Waals surface area contributed by atoms with Gasteiger partial charge in [-0.25, -0.2) is 0 Å². The minimum Gasteiger partial charge on any atom is -0.490 e. The lowest BCUT2D eigenvalue weighted by Crippen LogP contribution is -2.27. The van der Waals surface area contributed by atoms with Crippen LogP contribution in [-0.2, 0) is 11.3 Å². The number of rotatable bonds is 7. The Balaban J connectivity index is 1.65. The fourth-order valence-corrected chi connectivity index (χ4v) is 3.18. The molecule has 1 heterocycles. The minimum absolute atomic E-state index is 0.0466. The second kappa shape index (κ2) is 8.91. The van der Waals surface area contributed by atoms with E-state index in [0.717, 1.165) is 30.7 Å². The Labute approximate surface area is 161 Å². The van der Waals surface area contributed by atoms with E-state index in [1.807, 2.05) is 45.4 Å². The molecule has 2 aromatic rings. The van der Waals surface area contributed by atoms with Crippen LogP contribution in [0, 0.1) is 0 Å². The molecule has 0 aliphatic carbocycles. The van der Waals surface area contributed by atoms with Crippen molar-refractivity contribution in [2.75, 3.05) is 39.3 Å². The van der Waals surface area contributed by atoms with Crippen LogP contribution in [0.15, 0.2) is 48.5 Å². The zero-order valence-electron chi connectivity index (χ0n) is 16.4. The molecule has 0 bridgehead atoms. The minimum atomic E-state index is -0.0466. The van der Waals surface area contributed by atoms with Crippen LogP contribution in [-0.4, -0.2) is 51.3 Å². The van der Waals surface area contributed by atoms with E-state index in [-0.39, 0.29) is 12.0 Å². The molecule has 3 rings (SSSR count). The van der Waals surface area contributed by atoms with Crippen molar-refractivity contribution in [3.8, 4) is 5.75 Å². The molecule has 1 atom stereocenters. The Morgan fingerprint density at radius 1 is 1.11 bits per heavy atom. The quantitative estimate of drug-likeness (QED) is 0.749. The summed E-state index contributed by atoms with van der Waals surface area (Å²) >= 11 is 0.